The Bertz CT molecular complexity index is 984. The molecule has 1 heterocycles. The highest BCUT2D eigenvalue weighted by atomic mass is 32.2. The summed E-state index contributed by atoms with van der Waals surface area (Å²) in [5, 5.41) is 9.51. The first-order chi connectivity index (χ1) is 21.3. The summed E-state index contributed by atoms with van der Waals surface area (Å²) in [6.07, 6.45) is 6.16. The van der Waals surface area contributed by atoms with Crippen molar-refractivity contribution in [2.45, 2.75) is 109 Å². The number of carbonyl (C=O) groups excluding carboxylic acids is 7. The van der Waals surface area contributed by atoms with Crippen LogP contribution in [0.5, 0.6) is 0 Å². The van der Waals surface area contributed by atoms with Crippen molar-refractivity contribution in [2.24, 2.45) is 0 Å². The molecule has 6 amide bonds. The van der Waals surface area contributed by atoms with Gasteiger partial charge in [0, 0.05) is 25.8 Å². The molecule has 12 nitrogen and oxygen atoms in total. The zero-order valence-corrected chi connectivity index (χ0v) is 29.2. The van der Waals surface area contributed by atoms with Gasteiger partial charge in [0.2, 0.25) is 35.4 Å². The molecule has 0 aliphatic carbocycles. The molecule has 15 heteroatoms. The topological polar surface area (TPSA) is 171 Å². The molecule has 0 saturated carbocycles. The van der Waals surface area contributed by atoms with E-state index in [9.17, 15) is 33.6 Å². The van der Waals surface area contributed by atoms with Crippen molar-refractivity contribution >= 4 is 72.6 Å². The average Bonchev–Trinajstić information content (AvgIpc) is 3.26. The number of nitrogens with zero attached hydrogens (tertiary/aromatic N) is 1. The first-order valence-electron chi connectivity index (χ1n) is 15.8. The third-order valence-corrected chi connectivity index (χ3v) is 9.03. The molecule has 1 aliphatic rings. The number of likely N-dealkylation sites (tertiary alicyclic amines) is 1. The van der Waals surface area contributed by atoms with E-state index in [1.807, 2.05) is 27.7 Å². The third kappa shape index (κ3) is 21.0. The number of unbranched alkanes of at least 4 members (excludes halogenated alkanes) is 4. The Labute approximate surface area is 278 Å². The summed E-state index contributed by atoms with van der Waals surface area (Å²) in [7, 11) is 6.13. The molecule has 0 aromatic heterocycles. The van der Waals surface area contributed by atoms with E-state index in [1.54, 1.807) is 18.7 Å². The summed E-state index contributed by atoms with van der Waals surface area (Å²) >= 11 is 2.89. The molecule has 45 heavy (non-hydrogen) atoms. The van der Waals surface area contributed by atoms with Gasteiger partial charge in [0.05, 0.1) is 38.6 Å². The highest BCUT2D eigenvalue weighted by molar-refractivity contribution is 8.03. The molecular weight excluding hydrogens is 617 g/mol. The number of Topliss-reactive ketones (excluding diaryl/α,β-unsaturated/α-hetero) is 1. The van der Waals surface area contributed by atoms with E-state index in [1.165, 1.54) is 16.7 Å². The highest BCUT2D eigenvalue weighted by Gasteiger charge is 2.40. The molecule has 0 aromatic carbocycles. The molecule has 1 fully saturated rings. The van der Waals surface area contributed by atoms with Crippen molar-refractivity contribution in [1.29, 1.82) is 0 Å². The maximum Gasteiger partial charge on any atom is 0.242 e. The standard InChI is InChI=1S/C28H46BN5O7S2.C2H6/c1-4-28(3,29)43-21-15-26(40)34(27(21)41)13-9-5-8-12-22(36)30-16-23(37)31-17-24(38)32-18-25(39)33-19-42-14-10-6-7-11-20(2)35;1-2/h21H,4-19H2,1-3H3,(H,30,36)(H,31,37)(H,32,38)(H,33,39);1-2H3. The van der Waals surface area contributed by atoms with E-state index in [0.29, 0.717) is 44.5 Å². The van der Waals surface area contributed by atoms with Crippen molar-refractivity contribution in [3.63, 3.8) is 0 Å². The molecule has 1 aliphatic heterocycles. The van der Waals surface area contributed by atoms with Crippen LogP contribution in [0.2, 0.25) is 0 Å². The molecule has 0 bridgehead atoms. The van der Waals surface area contributed by atoms with Gasteiger partial charge in [-0.2, -0.15) is 11.8 Å². The van der Waals surface area contributed by atoms with Crippen LogP contribution >= 0.6 is 23.5 Å². The molecule has 0 aromatic rings. The lowest BCUT2D eigenvalue weighted by Gasteiger charge is -2.25. The predicted octanol–water partition coefficient (Wildman–Crippen LogP) is 2.03. The van der Waals surface area contributed by atoms with Crippen LogP contribution in [0.3, 0.4) is 0 Å². The fraction of sp³-hybridized carbons (Fsp3) is 0.767. The first-order valence-corrected chi connectivity index (χ1v) is 17.8. The summed E-state index contributed by atoms with van der Waals surface area (Å²) in [5.74, 6) is -0.666. The lowest BCUT2D eigenvalue weighted by molar-refractivity contribution is -0.138. The van der Waals surface area contributed by atoms with Gasteiger partial charge in [-0.05, 0) is 49.4 Å². The van der Waals surface area contributed by atoms with Gasteiger partial charge >= 0.3 is 0 Å². The Morgan fingerprint density at radius 1 is 0.822 bits per heavy atom. The van der Waals surface area contributed by atoms with Crippen LogP contribution in [0.15, 0.2) is 0 Å². The minimum Gasteiger partial charge on any atom is -0.347 e. The Morgan fingerprint density at radius 3 is 1.93 bits per heavy atom. The van der Waals surface area contributed by atoms with E-state index in [4.69, 9.17) is 7.85 Å². The lowest BCUT2D eigenvalue weighted by Crippen LogP contribution is -2.44. The van der Waals surface area contributed by atoms with Gasteiger partial charge in [-0.1, -0.05) is 40.5 Å². The van der Waals surface area contributed by atoms with Gasteiger partial charge in [0.25, 0.3) is 0 Å². The van der Waals surface area contributed by atoms with Crippen LogP contribution in [0.4, 0.5) is 0 Å². The van der Waals surface area contributed by atoms with Crippen molar-refractivity contribution < 1.29 is 33.6 Å². The van der Waals surface area contributed by atoms with Gasteiger partial charge in [0.15, 0.2) is 0 Å². The number of nitrogens with one attached hydrogen (secondary N) is 4. The van der Waals surface area contributed by atoms with Crippen LogP contribution in [0, 0.1) is 0 Å². The average molecular weight is 670 g/mol. The number of rotatable bonds is 23. The summed E-state index contributed by atoms with van der Waals surface area (Å²) in [6.45, 7) is 8.84. The summed E-state index contributed by atoms with van der Waals surface area (Å²) < 4.78 is -0.565. The van der Waals surface area contributed by atoms with Crippen molar-refractivity contribution in [2.75, 3.05) is 37.8 Å². The van der Waals surface area contributed by atoms with Gasteiger partial charge < -0.3 is 26.1 Å². The zero-order chi connectivity index (χ0) is 34.3. The van der Waals surface area contributed by atoms with Crippen LogP contribution in [0.25, 0.3) is 0 Å². The van der Waals surface area contributed by atoms with E-state index >= 15 is 0 Å². The fourth-order valence-corrected chi connectivity index (χ4v) is 5.98. The number of carbonyl (C=O) groups is 7. The first kappa shape index (κ1) is 42.5. The van der Waals surface area contributed by atoms with Gasteiger partial charge in [-0.25, -0.2) is 0 Å². The zero-order valence-electron chi connectivity index (χ0n) is 27.6. The van der Waals surface area contributed by atoms with Gasteiger partial charge in [0.1, 0.15) is 5.78 Å². The number of imide groups is 1. The maximum atomic E-state index is 12.6. The number of amides is 6. The van der Waals surface area contributed by atoms with Crippen LogP contribution < -0.4 is 21.3 Å². The minimum absolute atomic E-state index is 0.156. The number of thioether (sulfide) groups is 2. The smallest absolute Gasteiger partial charge is 0.242 e. The monoisotopic (exact) mass is 669 g/mol. The molecule has 0 spiro atoms. The highest BCUT2D eigenvalue weighted by Crippen LogP contribution is 2.35. The molecular formula is C30H52BN5O7S2. The molecule has 2 unspecified atom stereocenters. The van der Waals surface area contributed by atoms with Crippen molar-refractivity contribution in [1.82, 2.24) is 26.2 Å². The second-order valence-corrected chi connectivity index (χ2v) is 13.5. The van der Waals surface area contributed by atoms with E-state index in [-0.39, 0.29) is 61.9 Å². The van der Waals surface area contributed by atoms with Crippen LogP contribution in [-0.2, 0) is 33.6 Å². The molecule has 1 saturated heterocycles. The van der Waals surface area contributed by atoms with E-state index in [2.05, 4.69) is 21.3 Å². The Kier molecular flexibility index (Phi) is 23.3. The molecule has 2 radical (unpaired) electrons. The fourth-order valence-electron chi connectivity index (χ4n) is 3.89. The minimum atomic E-state index is -0.565. The Morgan fingerprint density at radius 2 is 1.36 bits per heavy atom. The van der Waals surface area contributed by atoms with E-state index in [0.717, 1.165) is 25.0 Å². The summed E-state index contributed by atoms with van der Waals surface area (Å²) in [4.78, 5) is 84.6. The largest absolute Gasteiger partial charge is 0.347 e. The quantitative estimate of drug-likeness (QED) is 0.0550. The number of hydrogen-bond acceptors (Lipinski definition) is 9. The molecule has 4 N–H and O–H groups in total. The van der Waals surface area contributed by atoms with Gasteiger partial charge in [-0.3, -0.25) is 33.7 Å². The molecule has 254 valence electrons. The Hall–Kier alpha value is -2.55. The summed E-state index contributed by atoms with van der Waals surface area (Å²) in [6, 6.07) is 0. The molecule has 2 atom stereocenters. The SMILES string of the molecule is CC.[B]C(C)(CC)SC1CC(=O)N(CCCCCC(=O)NCC(=O)NCC(=O)NCC(=O)NCSCCCCCC(C)=O)C1=O. The van der Waals surface area contributed by atoms with E-state index < -0.39 is 21.7 Å². The normalized spacial score (nSPS) is 15.4. The maximum absolute atomic E-state index is 12.6. The third-order valence-electron chi connectivity index (χ3n) is 6.63. The number of ketones is 1. The van der Waals surface area contributed by atoms with Crippen LogP contribution in [-0.4, -0.2) is 102 Å². The van der Waals surface area contributed by atoms with Gasteiger partial charge in [-0.15, -0.1) is 11.8 Å². The second kappa shape index (κ2) is 24.7. The second-order valence-electron chi connectivity index (χ2n) is 10.7. The predicted molar refractivity (Wildman–Crippen MR) is 181 cm³/mol. The Balaban J connectivity index is 0.00000947. The number of hydrogen-bond donors (Lipinski definition) is 4. The van der Waals surface area contributed by atoms with Crippen molar-refractivity contribution in [3.8, 4) is 0 Å². The van der Waals surface area contributed by atoms with Crippen molar-refractivity contribution in [3.05, 3.63) is 0 Å². The molecule has 1 rings (SSSR count). The lowest BCUT2D eigenvalue weighted by atomic mass is 9.86. The summed E-state index contributed by atoms with van der Waals surface area (Å²) in [5.41, 5.74) is 0. The van der Waals surface area contributed by atoms with Crippen LogP contribution in [0.1, 0.15) is 98.8 Å².